The molecule has 1 fully saturated rings. The lowest BCUT2D eigenvalue weighted by Crippen LogP contribution is -2.38. The number of alkyl halides is 3. The van der Waals surface area contributed by atoms with E-state index in [4.69, 9.17) is 0 Å². The van der Waals surface area contributed by atoms with Crippen LogP contribution < -0.4 is 4.72 Å². The maximum Gasteiger partial charge on any atom is 0.406 e. The Labute approximate surface area is 188 Å². The molecule has 1 N–H and O–H groups in total. The average Bonchev–Trinajstić information content (AvgIpc) is 3.24. The number of nitro groups is 1. The van der Waals surface area contributed by atoms with Gasteiger partial charge in [0.1, 0.15) is 6.54 Å². The number of amides is 1. The molecule has 1 aliphatic rings. The zero-order valence-corrected chi connectivity index (χ0v) is 18.2. The van der Waals surface area contributed by atoms with Crippen molar-refractivity contribution in [3.8, 4) is 0 Å². The number of hydrogen-bond donors (Lipinski definition) is 1. The fourth-order valence-corrected chi connectivity index (χ4v) is 5.10. The maximum absolute atomic E-state index is 13.2. The lowest BCUT2D eigenvalue weighted by atomic mass is 10.1. The van der Waals surface area contributed by atoms with Crippen LogP contribution in [0.2, 0.25) is 0 Å². The molecule has 0 radical (unpaired) electrons. The van der Waals surface area contributed by atoms with Gasteiger partial charge in [-0.2, -0.15) is 13.2 Å². The number of rotatable bonds is 8. The van der Waals surface area contributed by atoms with Crippen LogP contribution in [0, 0.1) is 10.1 Å². The summed E-state index contributed by atoms with van der Waals surface area (Å²) in [6.45, 7) is -2.33. The number of sulfonamides is 1. The van der Waals surface area contributed by atoms with Gasteiger partial charge in [-0.25, -0.2) is 13.1 Å². The second-order valence-electron chi connectivity index (χ2n) is 7.79. The first-order valence-corrected chi connectivity index (χ1v) is 11.7. The highest BCUT2D eigenvalue weighted by molar-refractivity contribution is 7.89. The lowest BCUT2D eigenvalue weighted by Gasteiger charge is -2.24. The second-order valence-corrected chi connectivity index (χ2v) is 9.51. The van der Waals surface area contributed by atoms with Gasteiger partial charge in [-0.15, -0.1) is 0 Å². The second kappa shape index (κ2) is 9.87. The molecule has 2 aromatic carbocycles. The topological polar surface area (TPSA) is 110 Å². The number of nitrogens with one attached hydrogen (secondary N) is 1. The van der Waals surface area contributed by atoms with Gasteiger partial charge >= 0.3 is 6.18 Å². The minimum absolute atomic E-state index is 0.0771. The summed E-state index contributed by atoms with van der Waals surface area (Å²) in [5.41, 5.74) is -0.770. The van der Waals surface area contributed by atoms with Gasteiger partial charge in [0.05, 0.1) is 16.4 Å². The zero-order valence-electron chi connectivity index (χ0n) is 17.4. The molecular formula is C21H22F3N3O5S. The van der Waals surface area contributed by atoms with Crippen LogP contribution in [0.25, 0.3) is 0 Å². The van der Waals surface area contributed by atoms with E-state index in [-0.39, 0.29) is 22.1 Å². The summed E-state index contributed by atoms with van der Waals surface area (Å²) in [4.78, 5) is 23.6. The Morgan fingerprint density at radius 3 is 2.42 bits per heavy atom. The molecule has 0 aliphatic heterocycles. The number of hydrogen-bond acceptors (Lipinski definition) is 5. The molecule has 0 unspecified atom stereocenters. The van der Waals surface area contributed by atoms with E-state index in [0.717, 1.165) is 25.0 Å². The van der Waals surface area contributed by atoms with Crippen LogP contribution in [0.4, 0.5) is 18.9 Å². The quantitative estimate of drug-likeness (QED) is 0.449. The van der Waals surface area contributed by atoms with Crippen LogP contribution in [0.5, 0.6) is 0 Å². The van der Waals surface area contributed by atoms with E-state index in [2.05, 4.69) is 4.72 Å². The molecule has 1 amide bonds. The van der Waals surface area contributed by atoms with Crippen LogP contribution in [0.3, 0.4) is 0 Å². The predicted molar refractivity (Wildman–Crippen MR) is 113 cm³/mol. The largest absolute Gasteiger partial charge is 0.406 e. The summed E-state index contributed by atoms with van der Waals surface area (Å²) in [5.74, 6) is -1.09. The first-order valence-electron chi connectivity index (χ1n) is 10.2. The van der Waals surface area contributed by atoms with Gasteiger partial charge in [0.15, 0.2) is 0 Å². The van der Waals surface area contributed by atoms with Crippen molar-refractivity contribution < 1.29 is 31.3 Å². The number of halogens is 3. The standard InChI is InChI=1S/C21H22F3N3O5S/c22-21(23,24)14-26(13-16-6-1-4-11-19(16)27(29)30)20(28)15-7-5-10-18(12-15)33(31,32)25-17-8-2-3-9-17/h1,4-7,10-12,17,25H,2-3,8-9,13-14H2. The summed E-state index contributed by atoms with van der Waals surface area (Å²) in [5, 5.41) is 11.2. The van der Waals surface area contributed by atoms with Crippen LogP contribution in [0.1, 0.15) is 41.6 Å². The number of carbonyl (C=O) groups is 1. The van der Waals surface area contributed by atoms with Gasteiger partial charge < -0.3 is 4.90 Å². The van der Waals surface area contributed by atoms with E-state index < -0.39 is 45.8 Å². The minimum Gasteiger partial charge on any atom is -0.325 e. The minimum atomic E-state index is -4.77. The Hall–Kier alpha value is -2.99. The van der Waals surface area contributed by atoms with Crippen molar-refractivity contribution in [3.63, 3.8) is 0 Å². The van der Waals surface area contributed by atoms with Crippen LogP contribution >= 0.6 is 0 Å². The van der Waals surface area contributed by atoms with Crippen LogP contribution in [0.15, 0.2) is 53.4 Å². The zero-order chi connectivity index (χ0) is 24.2. The Morgan fingerprint density at radius 1 is 1.12 bits per heavy atom. The monoisotopic (exact) mass is 485 g/mol. The molecule has 3 rings (SSSR count). The smallest absolute Gasteiger partial charge is 0.325 e. The molecule has 8 nitrogen and oxygen atoms in total. The van der Waals surface area contributed by atoms with E-state index in [9.17, 15) is 36.5 Å². The third kappa shape index (κ3) is 6.51. The molecule has 0 aromatic heterocycles. The van der Waals surface area contributed by atoms with Gasteiger partial charge in [0.2, 0.25) is 10.0 Å². The molecule has 1 aliphatic carbocycles. The normalized spacial score (nSPS) is 14.9. The summed E-state index contributed by atoms with van der Waals surface area (Å²) < 4.78 is 67.5. The van der Waals surface area contributed by atoms with Gasteiger partial charge in [-0.1, -0.05) is 37.1 Å². The fourth-order valence-electron chi connectivity index (χ4n) is 3.75. The molecule has 2 aromatic rings. The summed E-state index contributed by atoms with van der Waals surface area (Å²) in [6.07, 6.45) is -1.61. The van der Waals surface area contributed by atoms with Crippen molar-refractivity contribution in [2.75, 3.05) is 6.54 Å². The van der Waals surface area contributed by atoms with E-state index in [1.807, 2.05) is 0 Å². The molecule has 1 saturated carbocycles. The summed E-state index contributed by atoms with van der Waals surface area (Å²) in [6, 6.07) is 9.70. The van der Waals surface area contributed by atoms with Crippen molar-refractivity contribution in [1.29, 1.82) is 0 Å². The van der Waals surface area contributed by atoms with Gasteiger partial charge in [-0.05, 0) is 31.0 Å². The predicted octanol–water partition coefficient (Wildman–Crippen LogP) is 4.02. The van der Waals surface area contributed by atoms with Crippen molar-refractivity contribution >= 4 is 21.6 Å². The van der Waals surface area contributed by atoms with Gasteiger partial charge in [-0.3, -0.25) is 14.9 Å². The van der Waals surface area contributed by atoms with Crippen molar-refractivity contribution in [2.45, 2.75) is 49.3 Å². The molecule has 0 spiro atoms. The van der Waals surface area contributed by atoms with E-state index in [1.165, 1.54) is 36.4 Å². The van der Waals surface area contributed by atoms with E-state index >= 15 is 0 Å². The number of para-hydroxylation sites is 1. The van der Waals surface area contributed by atoms with Gasteiger partial charge in [0.25, 0.3) is 11.6 Å². The lowest BCUT2D eigenvalue weighted by molar-refractivity contribution is -0.385. The highest BCUT2D eigenvalue weighted by Crippen LogP contribution is 2.25. The first-order chi connectivity index (χ1) is 15.5. The van der Waals surface area contributed by atoms with E-state index in [0.29, 0.717) is 17.7 Å². The molecular weight excluding hydrogens is 463 g/mol. The average molecular weight is 485 g/mol. The van der Waals surface area contributed by atoms with Gasteiger partial charge in [0, 0.05) is 23.2 Å². The number of nitrogens with zero attached hydrogens (tertiary/aromatic N) is 2. The van der Waals surface area contributed by atoms with Crippen molar-refractivity contribution in [2.24, 2.45) is 0 Å². The summed E-state index contributed by atoms with van der Waals surface area (Å²) in [7, 11) is -3.97. The Morgan fingerprint density at radius 2 is 1.79 bits per heavy atom. The molecule has 178 valence electrons. The molecule has 0 atom stereocenters. The maximum atomic E-state index is 13.2. The Balaban J connectivity index is 1.90. The highest BCUT2D eigenvalue weighted by atomic mass is 32.2. The molecule has 0 saturated heterocycles. The first kappa shape index (κ1) is 24.6. The molecule has 33 heavy (non-hydrogen) atoms. The third-order valence-corrected chi connectivity index (χ3v) is 6.79. The van der Waals surface area contributed by atoms with Crippen LogP contribution in [-0.4, -0.2) is 42.9 Å². The molecule has 12 heteroatoms. The molecule has 0 bridgehead atoms. The summed E-state index contributed by atoms with van der Waals surface area (Å²) >= 11 is 0. The third-order valence-electron chi connectivity index (χ3n) is 5.28. The van der Waals surface area contributed by atoms with Crippen LogP contribution in [-0.2, 0) is 16.6 Å². The fraction of sp³-hybridized carbons (Fsp3) is 0.381. The number of carbonyl (C=O) groups excluding carboxylic acids is 1. The van der Waals surface area contributed by atoms with E-state index in [1.54, 1.807) is 0 Å². The SMILES string of the molecule is O=C(c1cccc(S(=O)(=O)NC2CCCC2)c1)N(Cc1ccccc1[N+](=O)[O-])CC(F)(F)F. The Bertz CT molecular complexity index is 1130. The van der Waals surface area contributed by atoms with Crippen molar-refractivity contribution in [1.82, 2.24) is 9.62 Å². The highest BCUT2D eigenvalue weighted by Gasteiger charge is 2.34. The number of benzene rings is 2. The molecule has 0 heterocycles. The Kier molecular flexibility index (Phi) is 7.38. The van der Waals surface area contributed by atoms with Crippen molar-refractivity contribution in [3.05, 3.63) is 69.8 Å². The number of nitro benzene ring substituents is 1.